The number of aryl methyl sites for hydroxylation is 1. The molecule has 33 heavy (non-hydrogen) atoms. The molecule has 8 nitrogen and oxygen atoms in total. The summed E-state index contributed by atoms with van der Waals surface area (Å²) in [5.74, 6) is 0.770. The third-order valence-corrected chi connectivity index (χ3v) is 6.51. The number of aromatic amines is 1. The lowest BCUT2D eigenvalue weighted by Gasteiger charge is -2.30. The number of rotatable bonds is 5. The Morgan fingerprint density at radius 2 is 1.97 bits per heavy atom. The van der Waals surface area contributed by atoms with Crippen LogP contribution in [0.25, 0.3) is 11.0 Å². The number of carbonyl (C=O) groups excluding carboxylic acids is 1. The number of benzene rings is 1. The van der Waals surface area contributed by atoms with Crippen LogP contribution in [0.1, 0.15) is 60.8 Å². The summed E-state index contributed by atoms with van der Waals surface area (Å²) in [7, 11) is 0. The highest BCUT2D eigenvalue weighted by atomic mass is 35.5. The fourth-order valence-electron chi connectivity index (χ4n) is 4.68. The van der Waals surface area contributed by atoms with Crippen LogP contribution in [0.4, 0.5) is 4.39 Å². The van der Waals surface area contributed by atoms with Gasteiger partial charge >= 0.3 is 0 Å². The fourth-order valence-corrected chi connectivity index (χ4v) is 4.68. The van der Waals surface area contributed by atoms with Gasteiger partial charge in [0.15, 0.2) is 5.69 Å². The van der Waals surface area contributed by atoms with E-state index in [4.69, 9.17) is 0 Å². The average Bonchev–Trinajstić information content (AvgIpc) is 3.45. The van der Waals surface area contributed by atoms with Crippen molar-refractivity contribution in [3.8, 4) is 0 Å². The molecule has 0 aliphatic carbocycles. The number of H-pyrrole nitrogens is 1. The van der Waals surface area contributed by atoms with Gasteiger partial charge in [0.2, 0.25) is 0 Å². The smallest absolute Gasteiger partial charge is 0.276 e. The second kappa shape index (κ2) is 11.3. The molecule has 11 heteroatoms. The van der Waals surface area contributed by atoms with Crippen LogP contribution in [0.5, 0.6) is 0 Å². The molecular weight excluding hydrogens is 468 g/mol. The number of likely N-dealkylation sites (tertiary alicyclic amines) is 1. The Kier molecular flexibility index (Phi) is 8.67. The van der Waals surface area contributed by atoms with E-state index >= 15 is 0 Å². The molecule has 2 aliphatic heterocycles. The first-order valence-corrected chi connectivity index (χ1v) is 11.2. The Hall–Kier alpha value is -2.23. The zero-order valence-corrected chi connectivity index (χ0v) is 20.0. The fraction of sp³-hybridized carbons (Fsp3) is 0.545. The van der Waals surface area contributed by atoms with E-state index in [1.54, 1.807) is 16.9 Å². The SMILES string of the molecule is Cl.Cl.O=C(c1cn(CCC2CCCCN2)nn1)N1CCC(c2nc3ccc(F)cc3[nH]2)CC1. The van der Waals surface area contributed by atoms with E-state index in [1.807, 2.05) is 4.90 Å². The van der Waals surface area contributed by atoms with Gasteiger partial charge in [-0.3, -0.25) is 9.48 Å². The summed E-state index contributed by atoms with van der Waals surface area (Å²) in [5.41, 5.74) is 1.90. The van der Waals surface area contributed by atoms with Crippen molar-refractivity contribution in [2.24, 2.45) is 0 Å². The molecule has 3 aromatic rings. The van der Waals surface area contributed by atoms with Gasteiger partial charge in [-0.25, -0.2) is 9.37 Å². The molecule has 0 bridgehead atoms. The maximum Gasteiger partial charge on any atom is 0.276 e. The van der Waals surface area contributed by atoms with Crippen molar-refractivity contribution in [1.82, 2.24) is 35.2 Å². The minimum atomic E-state index is -0.272. The number of piperidine rings is 2. The van der Waals surface area contributed by atoms with Gasteiger partial charge in [0.05, 0.1) is 17.2 Å². The molecular formula is C22H30Cl2FN7O. The molecule has 2 fully saturated rings. The molecule has 1 amide bonds. The average molecular weight is 498 g/mol. The molecule has 2 N–H and O–H groups in total. The topological polar surface area (TPSA) is 91.7 Å². The molecule has 5 rings (SSSR count). The summed E-state index contributed by atoms with van der Waals surface area (Å²) in [4.78, 5) is 22.6. The second-order valence-corrected chi connectivity index (χ2v) is 8.65. The predicted molar refractivity (Wildman–Crippen MR) is 129 cm³/mol. The molecule has 2 saturated heterocycles. The van der Waals surface area contributed by atoms with Gasteiger partial charge in [0.1, 0.15) is 11.6 Å². The van der Waals surface area contributed by atoms with Crippen LogP contribution in [0.3, 0.4) is 0 Å². The highest BCUT2D eigenvalue weighted by molar-refractivity contribution is 5.92. The molecule has 180 valence electrons. The van der Waals surface area contributed by atoms with E-state index in [0.717, 1.165) is 43.7 Å². The Bertz CT molecular complexity index is 1060. The van der Waals surface area contributed by atoms with Crippen molar-refractivity contribution in [1.29, 1.82) is 0 Å². The Morgan fingerprint density at radius 1 is 1.15 bits per heavy atom. The van der Waals surface area contributed by atoms with Crippen LogP contribution in [0.2, 0.25) is 0 Å². The normalized spacial score (nSPS) is 19.2. The number of halogens is 3. The molecule has 1 aromatic carbocycles. The lowest BCUT2D eigenvalue weighted by atomic mass is 9.96. The first-order valence-electron chi connectivity index (χ1n) is 11.2. The Morgan fingerprint density at radius 3 is 2.73 bits per heavy atom. The predicted octanol–water partition coefficient (Wildman–Crippen LogP) is 3.69. The molecule has 0 radical (unpaired) electrons. The maximum absolute atomic E-state index is 13.4. The van der Waals surface area contributed by atoms with E-state index in [2.05, 4.69) is 25.6 Å². The number of hydrogen-bond donors (Lipinski definition) is 2. The summed E-state index contributed by atoms with van der Waals surface area (Å²) in [6.07, 6.45) is 8.14. The van der Waals surface area contributed by atoms with E-state index in [-0.39, 0.29) is 42.5 Å². The third-order valence-electron chi connectivity index (χ3n) is 6.51. The van der Waals surface area contributed by atoms with Crippen LogP contribution in [0.15, 0.2) is 24.4 Å². The van der Waals surface area contributed by atoms with Crippen LogP contribution in [-0.2, 0) is 6.54 Å². The summed E-state index contributed by atoms with van der Waals surface area (Å²) in [5, 5.41) is 11.8. The van der Waals surface area contributed by atoms with Crippen molar-refractivity contribution >= 4 is 41.8 Å². The largest absolute Gasteiger partial charge is 0.342 e. The maximum atomic E-state index is 13.4. The minimum absolute atomic E-state index is 0. The van der Waals surface area contributed by atoms with Crippen molar-refractivity contribution in [2.75, 3.05) is 19.6 Å². The van der Waals surface area contributed by atoms with Crippen LogP contribution in [-0.4, -0.2) is 61.4 Å². The Balaban J connectivity index is 0.00000153. The summed E-state index contributed by atoms with van der Waals surface area (Å²) in [6, 6.07) is 5.12. The highest BCUT2D eigenvalue weighted by Crippen LogP contribution is 2.28. The minimum Gasteiger partial charge on any atom is -0.342 e. The number of carbonyl (C=O) groups is 1. The number of aromatic nitrogens is 5. The van der Waals surface area contributed by atoms with Gasteiger partial charge in [-0.1, -0.05) is 11.6 Å². The van der Waals surface area contributed by atoms with Crippen molar-refractivity contribution in [2.45, 2.75) is 57.0 Å². The second-order valence-electron chi connectivity index (χ2n) is 8.65. The van der Waals surface area contributed by atoms with Crippen LogP contribution >= 0.6 is 24.8 Å². The van der Waals surface area contributed by atoms with Crippen LogP contribution < -0.4 is 5.32 Å². The number of nitrogens with zero attached hydrogens (tertiary/aromatic N) is 5. The lowest BCUT2D eigenvalue weighted by Crippen LogP contribution is -2.38. The van der Waals surface area contributed by atoms with Crippen molar-refractivity contribution < 1.29 is 9.18 Å². The summed E-state index contributed by atoms with van der Waals surface area (Å²) >= 11 is 0. The number of amides is 1. The van der Waals surface area contributed by atoms with Crippen LogP contribution in [0, 0.1) is 5.82 Å². The zero-order chi connectivity index (χ0) is 21.2. The molecule has 1 atom stereocenters. The lowest BCUT2D eigenvalue weighted by molar-refractivity contribution is 0.0705. The van der Waals surface area contributed by atoms with E-state index in [1.165, 1.54) is 31.4 Å². The van der Waals surface area contributed by atoms with Gasteiger partial charge in [-0.2, -0.15) is 0 Å². The van der Waals surface area contributed by atoms with Gasteiger partial charge in [0, 0.05) is 31.6 Å². The van der Waals surface area contributed by atoms with Gasteiger partial charge < -0.3 is 15.2 Å². The quantitative estimate of drug-likeness (QED) is 0.560. The van der Waals surface area contributed by atoms with Gasteiger partial charge in [0.25, 0.3) is 5.91 Å². The van der Waals surface area contributed by atoms with Gasteiger partial charge in [-0.15, -0.1) is 29.9 Å². The number of imidazole rings is 1. The molecule has 1 unspecified atom stereocenters. The molecule has 2 aliphatic rings. The molecule has 2 aromatic heterocycles. The highest BCUT2D eigenvalue weighted by Gasteiger charge is 2.27. The molecule has 0 saturated carbocycles. The summed E-state index contributed by atoms with van der Waals surface area (Å²) < 4.78 is 15.2. The van der Waals surface area contributed by atoms with E-state index < -0.39 is 0 Å². The Labute approximate surface area is 204 Å². The first kappa shape index (κ1) is 25.4. The monoisotopic (exact) mass is 497 g/mol. The van der Waals surface area contributed by atoms with Crippen molar-refractivity contribution in [3.05, 3.63) is 41.7 Å². The first-order chi connectivity index (χ1) is 15.2. The third kappa shape index (κ3) is 5.83. The standard InChI is InChI=1S/C22H28FN7O.2ClH/c23-16-4-5-18-19(13-16)26-21(25-18)15-6-10-29(11-7-15)22(31)20-14-30(28-27-20)12-8-17-3-1-2-9-24-17;;/h4-5,13-15,17,24H,1-3,6-12H2,(H,25,26);2*1H. The summed E-state index contributed by atoms with van der Waals surface area (Å²) in [6.45, 7) is 3.15. The zero-order valence-electron chi connectivity index (χ0n) is 18.4. The van der Waals surface area contributed by atoms with Gasteiger partial charge in [-0.05, 0) is 56.8 Å². The number of nitrogens with one attached hydrogen (secondary N) is 2. The van der Waals surface area contributed by atoms with E-state index in [9.17, 15) is 9.18 Å². The molecule has 0 spiro atoms. The molecule has 4 heterocycles. The number of fused-ring (bicyclic) bond motifs is 1. The van der Waals surface area contributed by atoms with Crippen molar-refractivity contribution in [3.63, 3.8) is 0 Å². The number of hydrogen-bond acceptors (Lipinski definition) is 5. The van der Waals surface area contributed by atoms with E-state index in [0.29, 0.717) is 30.3 Å².